The topological polar surface area (TPSA) is 190 Å². The molecule has 0 aliphatic rings. The van der Waals surface area contributed by atoms with Gasteiger partial charge >= 0.3 is 0 Å². The molecule has 0 fully saturated rings. The highest BCUT2D eigenvalue weighted by Gasteiger charge is 2.36. The van der Waals surface area contributed by atoms with Gasteiger partial charge in [0.2, 0.25) is 17.7 Å². The smallest absolute Gasteiger partial charge is 0.260 e. The summed E-state index contributed by atoms with van der Waals surface area (Å²) >= 11 is 0. The third-order valence-electron chi connectivity index (χ3n) is 12.2. The molecule has 1 aromatic rings. The Morgan fingerprint density at radius 1 is 0.433 bits per heavy atom. The first kappa shape index (κ1) is 54.5. The molecular weight excluding hydrogens is 757 g/mol. The minimum absolute atomic E-state index is 0.0115. The van der Waals surface area contributed by atoms with Gasteiger partial charge in [0, 0.05) is 36.3 Å². The van der Waals surface area contributed by atoms with Crippen LogP contribution in [0.15, 0.2) is 18.2 Å². The fourth-order valence-electron chi connectivity index (χ4n) is 7.21. The van der Waals surface area contributed by atoms with E-state index in [1.807, 2.05) is 62.3 Å². The van der Waals surface area contributed by atoms with Crippen molar-refractivity contribution in [1.29, 1.82) is 0 Å². The quantitative estimate of drug-likeness (QED) is 0.0784. The number of imide groups is 3. The molecule has 0 radical (unpaired) electrons. The number of nitrogens with two attached hydrogens (primary N) is 3. The van der Waals surface area contributed by atoms with E-state index in [9.17, 15) is 28.8 Å². The van der Waals surface area contributed by atoms with Gasteiger partial charge in [-0.2, -0.15) is 0 Å². The molecule has 6 N–H and O–H groups in total. The maximum absolute atomic E-state index is 14.9. The molecule has 1 rings (SSSR count). The van der Waals surface area contributed by atoms with E-state index in [0.29, 0.717) is 19.3 Å². The van der Waals surface area contributed by atoms with Crippen molar-refractivity contribution in [3.63, 3.8) is 0 Å². The number of nitrogens with zero attached hydrogens (tertiary/aromatic N) is 3. The Bertz CT molecular complexity index is 1340. The van der Waals surface area contributed by atoms with Crippen molar-refractivity contribution in [3.8, 4) is 0 Å². The molecule has 12 heteroatoms. The molecule has 1 aromatic carbocycles. The van der Waals surface area contributed by atoms with Crippen molar-refractivity contribution in [2.45, 2.75) is 178 Å². The molecule has 6 atom stereocenters. The Labute approximate surface area is 363 Å². The molecule has 0 bridgehead atoms. The molecule has 0 heterocycles. The lowest BCUT2D eigenvalue weighted by molar-refractivity contribution is -0.132. The summed E-state index contributed by atoms with van der Waals surface area (Å²) in [4.78, 5) is 90.6. The highest BCUT2D eigenvalue weighted by molar-refractivity contribution is 6.13. The van der Waals surface area contributed by atoms with Gasteiger partial charge in [-0.3, -0.25) is 43.5 Å². The van der Waals surface area contributed by atoms with Gasteiger partial charge in [-0.05, 0) is 73.0 Å². The maximum atomic E-state index is 14.9. The Hall–Kier alpha value is -3.48. The van der Waals surface area contributed by atoms with Crippen LogP contribution in [-0.2, 0) is 14.4 Å². The van der Waals surface area contributed by atoms with E-state index in [1.54, 1.807) is 0 Å². The third kappa shape index (κ3) is 16.1. The van der Waals surface area contributed by atoms with Crippen LogP contribution in [0.1, 0.15) is 191 Å². The number of rotatable bonds is 27. The Morgan fingerprint density at radius 3 is 0.817 bits per heavy atom. The second-order valence-corrected chi connectivity index (χ2v) is 18.1. The van der Waals surface area contributed by atoms with Crippen LogP contribution >= 0.6 is 0 Å². The average Bonchev–Trinajstić information content (AvgIpc) is 3.24. The van der Waals surface area contributed by atoms with Crippen LogP contribution in [-0.4, -0.2) is 87.9 Å². The molecule has 60 heavy (non-hydrogen) atoms. The van der Waals surface area contributed by atoms with Crippen molar-refractivity contribution in [2.75, 3.05) is 19.6 Å². The number of carbonyl (C=O) groups is 6. The predicted molar refractivity (Wildman–Crippen MR) is 243 cm³/mol. The van der Waals surface area contributed by atoms with Gasteiger partial charge in [0.25, 0.3) is 17.7 Å². The van der Waals surface area contributed by atoms with Gasteiger partial charge in [-0.25, -0.2) is 0 Å². The zero-order chi connectivity index (χ0) is 45.9. The lowest BCUT2D eigenvalue weighted by Gasteiger charge is -2.31. The summed E-state index contributed by atoms with van der Waals surface area (Å²) in [6.45, 7) is 23.5. The molecule has 12 nitrogen and oxygen atoms in total. The van der Waals surface area contributed by atoms with E-state index < -0.39 is 53.6 Å². The SMILES string of the molecule is CCCCC(CC)CN(C(=O)c1cc(C(=O)N(CC(CC)CCCC)C(=O)[C@@H](N)C(C)C)cc(C(=O)N(CC(CC)CCCC)C(=O)[C@@H](N)C(C)C)c1)C(=O)[C@@H](N)C(C)C. The Kier molecular flexibility index (Phi) is 25.0. The first-order valence-electron chi connectivity index (χ1n) is 23.2. The molecular formula is C48H84N6O6. The minimum atomic E-state index is -0.983. The summed E-state index contributed by atoms with van der Waals surface area (Å²) in [6, 6.07) is 1.11. The lowest BCUT2D eigenvalue weighted by Crippen LogP contribution is -2.51. The summed E-state index contributed by atoms with van der Waals surface area (Å²) in [5, 5.41) is 0. The Balaban J connectivity index is 4.32. The predicted octanol–water partition coefficient (Wildman–Crippen LogP) is 8.19. The summed E-state index contributed by atoms with van der Waals surface area (Å²) in [5.74, 6) is -4.68. The lowest BCUT2D eigenvalue weighted by atomic mass is 9.94. The van der Waals surface area contributed by atoms with Gasteiger partial charge in [0.1, 0.15) is 0 Å². The second kappa shape index (κ2) is 27.5. The van der Waals surface area contributed by atoms with Gasteiger partial charge in [0.05, 0.1) is 18.1 Å². The van der Waals surface area contributed by atoms with Gasteiger partial charge in [-0.15, -0.1) is 0 Å². The standard InChI is InChI=1S/C48H84N6O6/c1-13-19-22-34(16-4)28-52(46(58)40(49)31(7)8)43(55)37-25-38(44(56)53(47(59)41(50)32(9)10)29-35(17-5)23-20-14-2)27-39(26-37)45(57)54(48(60)42(51)33(11)12)30-36(18-6)24-21-15-3/h25-27,31-36,40-42H,13-24,28-30,49-51H2,1-12H3/t34?,35?,36?,40-,41-,42-/m0/s1. The summed E-state index contributed by atoms with van der Waals surface area (Å²) in [5.41, 5.74) is 19.0. The molecule has 3 unspecified atom stereocenters. The van der Waals surface area contributed by atoms with Crippen molar-refractivity contribution in [3.05, 3.63) is 34.9 Å². The first-order valence-corrected chi connectivity index (χ1v) is 23.2. The molecule has 0 saturated heterocycles. The first-order chi connectivity index (χ1) is 28.3. The largest absolute Gasteiger partial charge is 0.320 e. The van der Waals surface area contributed by atoms with Crippen LogP contribution in [0.4, 0.5) is 0 Å². The highest BCUT2D eigenvalue weighted by Crippen LogP contribution is 2.25. The van der Waals surface area contributed by atoms with E-state index in [1.165, 1.54) is 18.2 Å². The molecule has 0 aliphatic heterocycles. The van der Waals surface area contributed by atoms with Crippen molar-refractivity contribution < 1.29 is 28.8 Å². The maximum Gasteiger partial charge on any atom is 0.260 e. The number of carbonyl (C=O) groups excluding carboxylic acids is 6. The van der Waals surface area contributed by atoms with E-state index >= 15 is 0 Å². The summed E-state index contributed by atoms with van der Waals surface area (Å²) in [7, 11) is 0. The van der Waals surface area contributed by atoms with E-state index in [4.69, 9.17) is 17.2 Å². The van der Waals surface area contributed by atoms with Crippen molar-refractivity contribution >= 4 is 35.4 Å². The molecule has 0 spiro atoms. The molecule has 342 valence electrons. The zero-order valence-electron chi connectivity index (χ0n) is 39.6. The van der Waals surface area contributed by atoms with Gasteiger partial charge < -0.3 is 17.2 Å². The van der Waals surface area contributed by atoms with Crippen molar-refractivity contribution in [2.24, 2.45) is 52.7 Å². The summed E-state index contributed by atoms with van der Waals surface area (Å²) < 4.78 is 0. The number of benzene rings is 1. The monoisotopic (exact) mass is 841 g/mol. The fraction of sp³-hybridized carbons (Fsp3) is 0.750. The van der Waals surface area contributed by atoms with Crippen molar-refractivity contribution in [1.82, 2.24) is 14.7 Å². The van der Waals surface area contributed by atoms with Crippen LogP contribution in [0.25, 0.3) is 0 Å². The van der Waals surface area contributed by atoms with Crippen LogP contribution in [0.3, 0.4) is 0 Å². The van der Waals surface area contributed by atoms with Crippen LogP contribution in [0, 0.1) is 35.5 Å². The van der Waals surface area contributed by atoms with E-state index in [0.717, 1.165) is 72.5 Å². The average molecular weight is 841 g/mol. The second-order valence-electron chi connectivity index (χ2n) is 18.1. The number of amides is 6. The van der Waals surface area contributed by atoms with Gasteiger partial charge in [0.15, 0.2) is 0 Å². The number of hydrogen-bond acceptors (Lipinski definition) is 9. The zero-order valence-corrected chi connectivity index (χ0v) is 39.6. The molecule has 6 amide bonds. The van der Waals surface area contributed by atoms with Crippen LogP contribution in [0.5, 0.6) is 0 Å². The highest BCUT2D eigenvalue weighted by atomic mass is 16.2. The van der Waals surface area contributed by atoms with Gasteiger partial charge in [-0.1, -0.05) is 141 Å². The fourth-order valence-corrected chi connectivity index (χ4v) is 7.21. The molecule has 0 aromatic heterocycles. The van der Waals surface area contributed by atoms with Crippen LogP contribution in [0.2, 0.25) is 0 Å². The van der Waals surface area contributed by atoms with E-state index in [-0.39, 0.29) is 71.8 Å². The number of hydrogen-bond donors (Lipinski definition) is 3. The summed E-state index contributed by atoms with van der Waals surface area (Å²) in [6.07, 6.45) is 10.1. The third-order valence-corrected chi connectivity index (χ3v) is 12.2. The molecule has 0 aliphatic carbocycles. The minimum Gasteiger partial charge on any atom is -0.320 e. The number of unbranched alkanes of at least 4 members (excludes halogenated alkanes) is 3. The molecule has 0 saturated carbocycles. The van der Waals surface area contributed by atoms with Crippen LogP contribution < -0.4 is 17.2 Å². The Morgan fingerprint density at radius 2 is 0.650 bits per heavy atom. The van der Waals surface area contributed by atoms with E-state index in [2.05, 4.69) is 20.8 Å². The normalized spacial score (nSPS) is 14.7.